The second-order valence-corrected chi connectivity index (χ2v) is 9.57. The van der Waals surface area contributed by atoms with Gasteiger partial charge in [-0.1, -0.05) is 12.1 Å². The van der Waals surface area contributed by atoms with Crippen LogP contribution >= 0.6 is 11.3 Å². The number of aromatic nitrogens is 1. The van der Waals surface area contributed by atoms with Gasteiger partial charge in [0.25, 0.3) is 0 Å². The van der Waals surface area contributed by atoms with Crippen molar-refractivity contribution >= 4 is 37.9 Å². The molecule has 0 saturated carbocycles. The van der Waals surface area contributed by atoms with Gasteiger partial charge in [-0.05, 0) is 43.2 Å². The minimum atomic E-state index is -3.28. The minimum Gasteiger partial charge on any atom is -0.497 e. The first kappa shape index (κ1) is 18.8. The molecule has 1 aliphatic heterocycles. The average Bonchev–Trinajstić information content (AvgIpc) is 3.24. The van der Waals surface area contributed by atoms with Crippen LogP contribution in [0, 0.1) is 0 Å². The summed E-state index contributed by atoms with van der Waals surface area (Å²) in [6.07, 6.45) is 1.96. The molecule has 0 radical (unpaired) electrons. The Balaban J connectivity index is 1.59. The molecular weight excluding hydrogens is 394 g/mol. The van der Waals surface area contributed by atoms with Gasteiger partial charge < -0.3 is 10.1 Å². The first-order valence-electron chi connectivity index (χ1n) is 8.84. The Morgan fingerprint density at radius 3 is 2.82 bits per heavy atom. The molecule has 8 heteroatoms. The number of nitrogens with one attached hydrogen (secondary N) is 1. The second kappa shape index (κ2) is 7.10. The third-order valence-electron chi connectivity index (χ3n) is 4.71. The number of fused-ring (bicyclic) bond motifs is 1. The van der Waals surface area contributed by atoms with Crippen LogP contribution in [-0.2, 0) is 16.4 Å². The largest absolute Gasteiger partial charge is 0.497 e. The van der Waals surface area contributed by atoms with E-state index in [-0.39, 0.29) is 6.04 Å². The zero-order chi connectivity index (χ0) is 19.9. The number of hydrogen-bond donors (Lipinski definition) is 1. The van der Waals surface area contributed by atoms with Crippen molar-refractivity contribution in [2.75, 3.05) is 23.0 Å². The molecule has 0 amide bonds. The van der Waals surface area contributed by atoms with E-state index in [1.807, 2.05) is 54.8 Å². The summed E-state index contributed by atoms with van der Waals surface area (Å²) in [5.41, 5.74) is 4.56. The van der Waals surface area contributed by atoms with E-state index in [4.69, 9.17) is 4.74 Å². The molecule has 28 heavy (non-hydrogen) atoms. The highest BCUT2D eigenvalue weighted by atomic mass is 32.2. The van der Waals surface area contributed by atoms with E-state index in [0.717, 1.165) is 39.1 Å². The summed E-state index contributed by atoms with van der Waals surface area (Å²) in [5, 5.41) is 6.08. The quantitative estimate of drug-likeness (QED) is 0.674. The van der Waals surface area contributed by atoms with Crippen LogP contribution in [0.15, 0.2) is 47.8 Å². The third kappa shape index (κ3) is 3.57. The van der Waals surface area contributed by atoms with Gasteiger partial charge in [0.15, 0.2) is 5.13 Å². The van der Waals surface area contributed by atoms with E-state index in [0.29, 0.717) is 6.42 Å². The Morgan fingerprint density at radius 2 is 2.07 bits per heavy atom. The number of ether oxygens (including phenoxy) is 1. The summed E-state index contributed by atoms with van der Waals surface area (Å²) < 4.78 is 30.9. The van der Waals surface area contributed by atoms with E-state index >= 15 is 0 Å². The predicted molar refractivity (Wildman–Crippen MR) is 114 cm³/mol. The van der Waals surface area contributed by atoms with Gasteiger partial charge >= 0.3 is 0 Å². The smallest absolute Gasteiger partial charge is 0.232 e. The topological polar surface area (TPSA) is 71.5 Å². The predicted octanol–water partition coefficient (Wildman–Crippen LogP) is 4.27. The highest BCUT2D eigenvalue weighted by Crippen LogP contribution is 2.37. The number of thiazole rings is 1. The highest BCUT2D eigenvalue weighted by Gasteiger charge is 2.32. The molecule has 1 aromatic heterocycles. The van der Waals surface area contributed by atoms with Gasteiger partial charge in [-0.3, -0.25) is 4.31 Å². The van der Waals surface area contributed by atoms with E-state index in [1.54, 1.807) is 7.11 Å². The Bertz CT molecular complexity index is 1130. The van der Waals surface area contributed by atoms with Crippen molar-refractivity contribution in [1.29, 1.82) is 0 Å². The number of sulfonamides is 1. The molecule has 0 spiro atoms. The lowest BCUT2D eigenvalue weighted by atomic mass is 10.1. The van der Waals surface area contributed by atoms with Gasteiger partial charge in [-0.15, -0.1) is 11.3 Å². The maximum Gasteiger partial charge on any atom is 0.232 e. The van der Waals surface area contributed by atoms with Crippen LogP contribution in [0.3, 0.4) is 0 Å². The number of nitrogens with zero attached hydrogens (tertiary/aromatic N) is 2. The summed E-state index contributed by atoms with van der Waals surface area (Å²) in [6, 6.07) is 13.5. The van der Waals surface area contributed by atoms with Crippen LogP contribution in [0.2, 0.25) is 0 Å². The van der Waals surface area contributed by atoms with Crippen LogP contribution in [0.4, 0.5) is 16.5 Å². The van der Waals surface area contributed by atoms with E-state index in [2.05, 4.69) is 10.3 Å². The molecule has 4 rings (SSSR count). The standard InChI is InChI=1S/C20H21N3O3S2/c1-13-9-15-10-14(7-8-19(15)23(13)28(3,24)25)18-12-27-20(22-18)21-16-5-4-6-17(11-16)26-2/h4-8,10-13H,9H2,1-3H3,(H,21,22). The molecule has 3 aromatic rings. The van der Waals surface area contributed by atoms with Crippen molar-refractivity contribution in [3.8, 4) is 17.0 Å². The molecule has 1 aliphatic rings. The fourth-order valence-corrected chi connectivity index (χ4v) is 5.56. The monoisotopic (exact) mass is 415 g/mol. The molecule has 1 atom stereocenters. The van der Waals surface area contributed by atoms with Crippen molar-refractivity contribution in [1.82, 2.24) is 4.98 Å². The van der Waals surface area contributed by atoms with Gasteiger partial charge in [0.05, 0.1) is 24.7 Å². The first-order chi connectivity index (χ1) is 13.3. The number of rotatable bonds is 5. The SMILES string of the molecule is COc1cccc(Nc2nc(-c3ccc4c(c3)CC(C)N4S(C)(=O)=O)cs2)c1. The maximum atomic E-state index is 12.1. The molecule has 1 unspecified atom stereocenters. The maximum absolute atomic E-state index is 12.1. The Morgan fingerprint density at radius 1 is 1.25 bits per heavy atom. The van der Waals surface area contributed by atoms with Crippen LogP contribution in [0.25, 0.3) is 11.3 Å². The van der Waals surface area contributed by atoms with Crippen molar-refractivity contribution in [2.45, 2.75) is 19.4 Å². The van der Waals surface area contributed by atoms with Gasteiger partial charge in [0.2, 0.25) is 10.0 Å². The van der Waals surface area contributed by atoms with Gasteiger partial charge in [-0.25, -0.2) is 13.4 Å². The summed E-state index contributed by atoms with van der Waals surface area (Å²) in [7, 11) is -1.64. The average molecular weight is 416 g/mol. The summed E-state index contributed by atoms with van der Waals surface area (Å²) in [6.45, 7) is 1.93. The fraction of sp³-hybridized carbons (Fsp3) is 0.250. The molecule has 146 valence electrons. The Labute approximate surface area is 168 Å². The fourth-order valence-electron chi connectivity index (χ4n) is 3.56. The normalized spacial score (nSPS) is 16.1. The number of hydrogen-bond acceptors (Lipinski definition) is 6. The first-order valence-corrected chi connectivity index (χ1v) is 11.6. The van der Waals surface area contributed by atoms with Crippen molar-refractivity contribution < 1.29 is 13.2 Å². The lowest BCUT2D eigenvalue weighted by Crippen LogP contribution is -2.34. The van der Waals surface area contributed by atoms with E-state index in [9.17, 15) is 8.42 Å². The van der Waals surface area contributed by atoms with Crippen LogP contribution in [0.5, 0.6) is 5.75 Å². The van der Waals surface area contributed by atoms with Crippen molar-refractivity contribution in [2.24, 2.45) is 0 Å². The van der Waals surface area contributed by atoms with E-state index in [1.165, 1.54) is 21.9 Å². The molecule has 6 nitrogen and oxygen atoms in total. The van der Waals surface area contributed by atoms with Crippen LogP contribution in [-0.4, -0.2) is 32.8 Å². The van der Waals surface area contributed by atoms with Crippen LogP contribution in [0.1, 0.15) is 12.5 Å². The third-order valence-corrected chi connectivity index (χ3v) is 6.74. The summed E-state index contributed by atoms with van der Waals surface area (Å²) >= 11 is 1.52. The lowest BCUT2D eigenvalue weighted by Gasteiger charge is -2.21. The van der Waals surface area contributed by atoms with Crippen molar-refractivity contribution in [3.63, 3.8) is 0 Å². The molecular formula is C20H21N3O3S2. The van der Waals surface area contributed by atoms with Gasteiger partial charge in [-0.2, -0.15) is 0 Å². The minimum absolute atomic E-state index is 0.0685. The molecule has 2 aromatic carbocycles. The van der Waals surface area contributed by atoms with Gasteiger partial charge in [0, 0.05) is 28.7 Å². The summed E-state index contributed by atoms with van der Waals surface area (Å²) in [4.78, 5) is 4.68. The van der Waals surface area contributed by atoms with Crippen molar-refractivity contribution in [3.05, 3.63) is 53.4 Å². The molecule has 0 saturated heterocycles. The summed E-state index contributed by atoms with van der Waals surface area (Å²) in [5.74, 6) is 0.782. The molecule has 1 N–H and O–H groups in total. The zero-order valence-electron chi connectivity index (χ0n) is 15.8. The van der Waals surface area contributed by atoms with Gasteiger partial charge in [0.1, 0.15) is 5.75 Å². The van der Waals surface area contributed by atoms with E-state index < -0.39 is 10.0 Å². The number of methoxy groups -OCH3 is 1. The Kier molecular flexibility index (Phi) is 4.76. The zero-order valence-corrected chi connectivity index (χ0v) is 17.5. The number of benzene rings is 2. The molecule has 0 bridgehead atoms. The lowest BCUT2D eigenvalue weighted by molar-refractivity contribution is 0.415. The Hall–Kier alpha value is -2.58. The number of anilines is 3. The highest BCUT2D eigenvalue weighted by molar-refractivity contribution is 7.92. The molecule has 0 fully saturated rings. The second-order valence-electron chi connectivity index (χ2n) is 6.85. The molecule has 2 heterocycles. The van der Waals surface area contributed by atoms with Crippen LogP contribution < -0.4 is 14.4 Å². The molecule has 0 aliphatic carbocycles.